The Morgan fingerprint density at radius 1 is 1.11 bits per heavy atom. The number of rotatable bonds is 2. The summed E-state index contributed by atoms with van der Waals surface area (Å²) in [4.78, 5) is 0. The standard InChI is InChI=1S/C14H11Br2NO2/c1-7-9-3-2-8(15)6-11(9)19-14(7)13(17)10-4-5-12(16)18-10/h2-6,13H,17H2,1H3. The van der Waals surface area contributed by atoms with Crippen LogP contribution in [0, 0.1) is 6.92 Å². The second-order valence-electron chi connectivity index (χ2n) is 4.35. The van der Waals surface area contributed by atoms with Crippen molar-refractivity contribution in [2.75, 3.05) is 0 Å². The third kappa shape index (κ3) is 2.26. The van der Waals surface area contributed by atoms with Gasteiger partial charge >= 0.3 is 0 Å². The third-order valence-corrected chi connectivity index (χ3v) is 4.04. The van der Waals surface area contributed by atoms with Crippen LogP contribution in [0.3, 0.4) is 0 Å². The van der Waals surface area contributed by atoms with Crippen LogP contribution in [-0.4, -0.2) is 0 Å². The van der Waals surface area contributed by atoms with E-state index in [1.807, 2.05) is 37.3 Å². The van der Waals surface area contributed by atoms with Crippen LogP contribution in [0.15, 0.2) is 48.3 Å². The largest absolute Gasteiger partial charge is 0.459 e. The molecule has 1 unspecified atom stereocenters. The molecule has 0 radical (unpaired) electrons. The molecule has 0 bridgehead atoms. The second kappa shape index (κ2) is 4.81. The van der Waals surface area contributed by atoms with E-state index in [1.165, 1.54) is 0 Å². The van der Waals surface area contributed by atoms with Gasteiger partial charge in [0.2, 0.25) is 0 Å². The van der Waals surface area contributed by atoms with Gasteiger partial charge in [0.1, 0.15) is 23.1 Å². The minimum Gasteiger partial charge on any atom is -0.459 e. The summed E-state index contributed by atoms with van der Waals surface area (Å²) < 4.78 is 13.0. The average molecular weight is 385 g/mol. The third-order valence-electron chi connectivity index (χ3n) is 3.12. The van der Waals surface area contributed by atoms with E-state index in [0.717, 1.165) is 26.8 Å². The van der Waals surface area contributed by atoms with Crippen molar-refractivity contribution < 1.29 is 8.83 Å². The lowest BCUT2D eigenvalue weighted by Crippen LogP contribution is -2.10. The van der Waals surface area contributed by atoms with Gasteiger partial charge in [0.05, 0.1) is 0 Å². The van der Waals surface area contributed by atoms with Crippen molar-refractivity contribution in [2.45, 2.75) is 13.0 Å². The van der Waals surface area contributed by atoms with Crippen molar-refractivity contribution in [2.24, 2.45) is 5.73 Å². The fourth-order valence-corrected chi connectivity index (χ4v) is 2.80. The highest BCUT2D eigenvalue weighted by Gasteiger charge is 2.21. The van der Waals surface area contributed by atoms with E-state index in [1.54, 1.807) is 0 Å². The molecule has 3 nitrogen and oxygen atoms in total. The first-order chi connectivity index (χ1) is 9.06. The molecule has 2 heterocycles. The maximum Gasteiger partial charge on any atom is 0.169 e. The van der Waals surface area contributed by atoms with Gasteiger partial charge in [0, 0.05) is 15.4 Å². The molecule has 0 amide bonds. The first kappa shape index (κ1) is 13.0. The number of halogens is 2. The molecule has 2 N–H and O–H groups in total. The smallest absolute Gasteiger partial charge is 0.169 e. The Hall–Kier alpha value is -1.04. The monoisotopic (exact) mass is 383 g/mol. The van der Waals surface area contributed by atoms with E-state index < -0.39 is 6.04 Å². The predicted molar refractivity (Wildman–Crippen MR) is 81.1 cm³/mol. The topological polar surface area (TPSA) is 52.3 Å². The minimum absolute atomic E-state index is 0.405. The van der Waals surface area contributed by atoms with Crippen molar-refractivity contribution in [3.05, 3.63) is 56.6 Å². The van der Waals surface area contributed by atoms with E-state index in [0.29, 0.717) is 10.4 Å². The van der Waals surface area contributed by atoms with Crippen molar-refractivity contribution >= 4 is 42.8 Å². The van der Waals surface area contributed by atoms with Gasteiger partial charge in [0.25, 0.3) is 0 Å². The molecule has 19 heavy (non-hydrogen) atoms. The first-order valence-corrected chi connectivity index (χ1v) is 7.34. The van der Waals surface area contributed by atoms with Crippen LogP contribution >= 0.6 is 31.9 Å². The molecular weight excluding hydrogens is 374 g/mol. The summed E-state index contributed by atoms with van der Waals surface area (Å²) in [6.07, 6.45) is 0. The van der Waals surface area contributed by atoms with Crippen LogP contribution in [0.1, 0.15) is 23.1 Å². The zero-order valence-corrected chi connectivity index (χ0v) is 13.3. The van der Waals surface area contributed by atoms with Gasteiger partial charge in [-0.1, -0.05) is 15.9 Å². The van der Waals surface area contributed by atoms with Gasteiger partial charge in [-0.25, -0.2) is 0 Å². The molecule has 0 aliphatic rings. The lowest BCUT2D eigenvalue weighted by Gasteiger charge is -2.06. The zero-order valence-electron chi connectivity index (χ0n) is 10.1. The Morgan fingerprint density at radius 2 is 1.89 bits per heavy atom. The number of aryl methyl sites for hydroxylation is 1. The fourth-order valence-electron chi connectivity index (χ4n) is 2.14. The summed E-state index contributed by atoms with van der Waals surface area (Å²) in [5.41, 5.74) is 8.08. The predicted octanol–water partition coefficient (Wildman–Crippen LogP) is 4.91. The molecule has 5 heteroatoms. The van der Waals surface area contributed by atoms with Crippen LogP contribution in [0.25, 0.3) is 11.0 Å². The minimum atomic E-state index is -0.405. The highest BCUT2D eigenvalue weighted by molar-refractivity contribution is 9.10. The Morgan fingerprint density at radius 3 is 2.58 bits per heavy atom. The van der Waals surface area contributed by atoms with Crippen molar-refractivity contribution in [1.82, 2.24) is 0 Å². The van der Waals surface area contributed by atoms with Crippen molar-refractivity contribution in [3.8, 4) is 0 Å². The molecule has 0 saturated carbocycles. The van der Waals surface area contributed by atoms with Gasteiger partial charge in [0.15, 0.2) is 4.67 Å². The summed E-state index contributed by atoms with van der Waals surface area (Å²) in [5.74, 6) is 1.41. The average Bonchev–Trinajstić information content (AvgIpc) is 2.93. The molecule has 0 spiro atoms. The molecule has 1 aromatic carbocycles. The highest BCUT2D eigenvalue weighted by atomic mass is 79.9. The maximum absolute atomic E-state index is 6.21. The van der Waals surface area contributed by atoms with E-state index in [4.69, 9.17) is 14.6 Å². The molecule has 0 saturated heterocycles. The van der Waals surface area contributed by atoms with Crippen LogP contribution in [0.4, 0.5) is 0 Å². The molecule has 0 aliphatic heterocycles. The van der Waals surface area contributed by atoms with Gasteiger partial charge < -0.3 is 14.6 Å². The molecule has 3 rings (SSSR count). The van der Waals surface area contributed by atoms with Crippen LogP contribution in [-0.2, 0) is 0 Å². The number of hydrogen-bond donors (Lipinski definition) is 1. The Balaban J connectivity index is 2.12. The number of hydrogen-bond acceptors (Lipinski definition) is 3. The molecule has 1 atom stereocenters. The number of fused-ring (bicyclic) bond motifs is 1. The fraction of sp³-hybridized carbons (Fsp3) is 0.143. The van der Waals surface area contributed by atoms with E-state index in [2.05, 4.69) is 31.9 Å². The number of nitrogens with two attached hydrogens (primary N) is 1. The summed E-state index contributed by atoms with van der Waals surface area (Å²) in [5, 5.41) is 1.07. The summed E-state index contributed by atoms with van der Waals surface area (Å²) >= 11 is 6.71. The summed E-state index contributed by atoms with van der Waals surface area (Å²) in [6, 6.07) is 9.21. The maximum atomic E-state index is 6.21. The van der Waals surface area contributed by atoms with Crippen LogP contribution < -0.4 is 5.73 Å². The Bertz CT molecular complexity index is 745. The Labute approximate surface area is 127 Å². The summed E-state index contributed by atoms with van der Waals surface area (Å²) in [6.45, 7) is 2.01. The van der Waals surface area contributed by atoms with Gasteiger partial charge in [-0.3, -0.25) is 0 Å². The van der Waals surface area contributed by atoms with Gasteiger partial charge in [-0.15, -0.1) is 0 Å². The van der Waals surface area contributed by atoms with Gasteiger partial charge in [-0.05, 0) is 53.2 Å². The van der Waals surface area contributed by atoms with Gasteiger partial charge in [-0.2, -0.15) is 0 Å². The lowest BCUT2D eigenvalue weighted by atomic mass is 10.1. The molecule has 3 aromatic rings. The number of benzene rings is 1. The molecule has 0 aliphatic carbocycles. The molecular formula is C14H11Br2NO2. The molecule has 0 fully saturated rings. The first-order valence-electron chi connectivity index (χ1n) is 5.75. The van der Waals surface area contributed by atoms with Crippen molar-refractivity contribution in [3.63, 3.8) is 0 Å². The van der Waals surface area contributed by atoms with E-state index in [9.17, 15) is 0 Å². The molecule has 2 aromatic heterocycles. The Kier molecular flexibility index (Phi) is 3.28. The van der Waals surface area contributed by atoms with E-state index in [-0.39, 0.29) is 0 Å². The highest BCUT2D eigenvalue weighted by Crippen LogP contribution is 2.33. The van der Waals surface area contributed by atoms with Crippen LogP contribution in [0.5, 0.6) is 0 Å². The van der Waals surface area contributed by atoms with Crippen molar-refractivity contribution in [1.29, 1.82) is 0 Å². The SMILES string of the molecule is Cc1c(C(N)c2ccc(Br)o2)oc2cc(Br)ccc12. The normalized spacial score (nSPS) is 13.1. The van der Waals surface area contributed by atoms with E-state index >= 15 is 0 Å². The summed E-state index contributed by atoms with van der Waals surface area (Å²) in [7, 11) is 0. The molecule has 98 valence electrons. The quantitative estimate of drug-likeness (QED) is 0.683. The van der Waals surface area contributed by atoms with Crippen LogP contribution in [0.2, 0.25) is 0 Å². The number of furan rings is 2. The zero-order chi connectivity index (χ0) is 13.6. The lowest BCUT2D eigenvalue weighted by molar-refractivity contribution is 0.432. The second-order valence-corrected chi connectivity index (χ2v) is 6.05.